The zero-order valence-electron chi connectivity index (χ0n) is 23.3. The van der Waals surface area contributed by atoms with E-state index < -0.39 is 23.6 Å². The van der Waals surface area contributed by atoms with Gasteiger partial charge in [-0.1, -0.05) is 24.3 Å². The summed E-state index contributed by atoms with van der Waals surface area (Å²) in [6, 6.07) is 13.4. The summed E-state index contributed by atoms with van der Waals surface area (Å²) in [6.07, 6.45) is -3.73. The van der Waals surface area contributed by atoms with Gasteiger partial charge in [0.15, 0.2) is 0 Å². The molecule has 2 heterocycles. The number of amides is 3. The maximum absolute atomic E-state index is 12.9. The number of nitrogens with zero attached hydrogens (tertiary/aromatic N) is 3. The van der Waals surface area contributed by atoms with E-state index >= 15 is 0 Å². The van der Waals surface area contributed by atoms with Crippen molar-refractivity contribution < 1.29 is 27.6 Å². The Morgan fingerprint density at radius 2 is 1.59 bits per heavy atom. The van der Waals surface area contributed by atoms with E-state index in [4.69, 9.17) is 0 Å². The lowest BCUT2D eigenvalue weighted by atomic mass is 10.0. The molecular formula is C29H37F3N6O3. The lowest BCUT2D eigenvalue weighted by molar-refractivity contribution is -0.137. The van der Waals surface area contributed by atoms with Crippen molar-refractivity contribution in [2.75, 3.05) is 52.4 Å². The van der Waals surface area contributed by atoms with E-state index in [0.29, 0.717) is 18.7 Å². The average Bonchev–Trinajstić information content (AvgIpc) is 3.41. The van der Waals surface area contributed by atoms with E-state index in [1.807, 2.05) is 35.2 Å². The van der Waals surface area contributed by atoms with Crippen LogP contribution in [0.2, 0.25) is 0 Å². The van der Waals surface area contributed by atoms with E-state index in [9.17, 15) is 27.6 Å². The fourth-order valence-corrected chi connectivity index (χ4v) is 5.35. The third-order valence-corrected chi connectivity index (χ3v) is 7.60. The molecule has 0 bridgehead atoms. The molecule has 4 rings (SSSR count). The highest BCUT2D eigenvalue weighted by molar-refractivity contribution is 5.96. The lowest BCUT2D eigenvalue weighted by Crippen LogP contribution is -2.59. The van der Waals surface area contributed by atoms with E-state index in [2.05, 4.69) is 39.8 Å². The number of hydrogen-bond acceptors (Lipinski definition) is 6. The number of hydrazine groups is 1. The van der Waals surface area contributed by atoms with Crippen molar-refractivity contribution in [1.29, 1.82) is 0 Å². The maximum Gasteiger partial charge on any atom is 0.416 e. The first-order chi connectivity index (χ1) is 19.4. The average molecular weight is 575 g/mol. The molecule has 222 valence electrons. The van der Waals surface area contributed by atoms with Gasteiger partial charge in [-0.2, -0.15) is 13.2 Å². The first-order valence-corrected chi connectivity index (χ1v) is 13.7. The molecule has 2 aromatic rings. The van der Waals surface area contributed by atoms with Gasteiger partial charge in [0.05, 0.1) is 12.1 Å². The monoisotopic (exact) mass is 574 g/mol. The Morgan fingerprint density at radius 1 is 0.902 bits per heavy atom. The van der Waals surface area contributed by atoms with Gasteiger partial charge in [0, 0.05) is 62.0 Å². The summed E-state index contributed by atoms with van der Waals surface area (Å²) < 4.78 is 38.6. The number of benzene rings is 2. The Hall–Kier alpha value is -3.48. The molecule has 41 heavy (non-hydrogen) atoms. The summed E-state index contributed by atoms with van der Waals surface area (Å²) in [5, 5.41) is 2.35. The molecule has 2 aromatic carbocycles. The summed E-state index contributed by atoms with van der Waals surface area (Å²) in [5.41, 5.74) is 5.10. The van der Waals surface area contributed by atoms with Crippen LogP contribution in [0.25, 0.3) is 0 Å². The summed E-state index contributed by atoms with van der Waals surface area (Å²) >= 11 is 0. The standard InChI is InChI=1S/C29H37F3N6O3/c1-28(2,38-15-13-37(14-16-38)27(41)21-7-4-3-5-8-21)20-36-12-11-24(19-36)34-35-25(39)18-33-26(40)22-9-6-10-23(17-22)29(30,31)32/h3-10,17,24,34H,11-16,18-20H2,1-2H3,(H,33,40)(H,35,39)/t24-/m1/s1. The van der Waals surface area contributed by atoms with Crippen LogP contribution in [0, 0.1) is 0 Å². The highest BCUT2D eigenvalue weighted by atomic mass is 19.4. The van der Waals surface area contributed by atoms with Gasteiger partial charge in [-0.3, -0.25) is 29.6 Å². The smallest absolute Gasteiger partial charge is 0.343 e. The topological polar surface area (TPSA) is 97.0 Å². The van der Waals surface area contributed by atoms with Crippen molar-refractivity contribution in [2.45, 2.75) is 38.0 Å². The highest BCUT2D eigenvalue weighted by Gasteiger charge is 2.35. The first-order valence-electron chi connectivity index (χ1n) is 13.7. The number of rotatable bonds is 9. The normalized spacial score (nSPS) is 18.8. The molecule has 1 atom stereocenters. The van der Waals surface area contributed by atoms with Crippen molar-refractivity contribution in [3.63, 3.8) is 0 Å². The Labute approximate surface area is 238 Å². The predicted molar refractivity (Wildman–Crippen MR) is 148 cm³/mol. The second-order valence-corrected chi connectivity index (χ2v) is 11.1. The van der Waals surface area contributed by atoms with Crippen LogP contribution in [-0.4, -0.2) is 96.4 Å². The van der Waals surface area contributed by atoms with Crippen LogP contribution in [0.1, 0.15) is 46.5 Å². The molecule has 2 fully saturated rings. The molecule has 0 aliphatic carbocycles. The first kappa shape index (κ1) is 30.5. The van der Waals surface area contributed by atoms with Crippen LogP contribution in [0.3, 0.4) is 0 Å². The number of hydrogen-bond donors (Lipinski definition) is 3. The molecule has 0 spiro atoms. The van der Waals surface area contributed by atoms with Gasteiger partial charge in [-0.25, -0.2) is 5.43 Å². The number of carbonyl (C=O) groups excluding carboxylic acids is 3. The van der Waals surface area contributed by atoms with Crippen LogP contribution >= 0.6 is 0 Å². The quantitative estimate of drug-likeness (QED) is 0.398. The van der Waals surface area contributed by atoms with E-state index in [-0.39, 0.29) is 29.6 Å². The van der Waals surface area contributed by atoms with Gasteiger partial charge in [-0.05, 0) is 57.1 Å². The van der Waals surface area contributed by atoms with Crippen molar-refractivity contribution in [2.24, 2.45) is 0 Å². The predicted octanol–water partition coefficient (Wildman–Crippen LogP) is 2.37. The third-order valence-electron chi connectivity index (χ3n) is 7.60. The highest BCUT2D eigenvalue weighted by Crippen LogP contribution is 2.29. The van der Waals surface area contributed by atoms with Crippen molar-refractivity contribution >= 4 is 17.7 Å². The Morgan fingerprint density at radius 3 is 2.27 bits per heavy atom. The summed E-state index contributed by atoms with van der Waals surface area (Å²) in [7, 11) is 0. The zero-order valence-corrected chi connectivity index (χ0v) is 23.3. The van der Waals surface area contributed by atoms with E-state index in [1.165, 1.54) is 6.07 Å². The van der Waals surface area contributed by atoms with E-state index in [1.54, 1.807) is 0 Å². The molecule has 2 aliphatic rings. The Balaban J connectivity index is 1.16. The largest absolute Gasteiger partial charge is 0.416 e. The SMILES string of the molecule is CC(C)(CN1CC[C@@H](NNC(=O)CNC(=O)c2cccc(C(F)(F)F)c2)C1)N1CCN(C(=O)c2ccccc2)CC1. The number of piperazine rings is 1. The molecule has 2 aliphatic heterocycles. The molecular weight excluding hydrogens is 537 g/mol. The molecule has 12 heteroatoms. The lowest BCUT2D eigenvalue weighted by Gasteiger charge is -2.45. The Bertz CT molecular complexity index is 1220. The van der Waals surface area contributed by atoms with Gasteiger partial charge >= 0.3 is 6.18 Å². The van der Waals surface area contributed by atoms with E-state index in [0.717, 1.165) is 57.3 Å². The molecule has 3 amide bonds. The number of halogens is 3. The Kier molecular flexibility index (Phi) is 9.67. The number of carbonyl (C=O) groups is 3. The van der Waals surface area contributed by atoms with Crippen LogP contribution in [0.5, 0.6) is 0 Å². The van der Waals surface area contributed by atoms with Gasteiger partial charge < -0.3 is 10.2 Å². The molecule has 0 saturated carbocycles. The fraction of sp³-hybridized carbons (Fsp3) is 0.483. The third kappa shape index (κ3) is 8.27. The van der Waals surface area contributed by atoms with Crippen molar-refractivity contribution in [3.05, 3.63) is 71.3 Å². The molecule has 9 nitrogen and oxygen atoms in total. The van der Waals surface area contributed by atoms with Gasteiger partial charge in [-0.15, -0.1) is 0 Å². The number of nitrogens with one attached hydrogen (secondary N) is 3. The maximum atomic E-state index is 12.9. The van der Waals surface area contributed by atoms with Crippen LogP contribution in [-0.2, 0) is 11.0 Å². The van der Waals surface area contributed by atoms with Gasteiger partial charge in [0.25, 0.3) is 17.7 Å². The summed E-state index contributed by atoms with van der Waals surface area (Å²) in [6.45, 7) is 9.40. The van der Waals surface area contributed by atoms with Crippen LogP contribution in [0.15, 0.2) is 54.6 Å². The van der Waals surface area contributed by atoms with Gasteiger partial charge in [0.2, 0.25) is 0 Å². The minimum absolute atomic E-state index is 0.0225. The number of likely N-dealkylation sites (tertiary alicyclic amines) is 1. The minimum Gasteiger partial charge on any atom is -0.343 e. The number of alkyl halides is 3. The second kappa shape index (κ2) is 13.0. The molecule has 3 N–H and O–H groups in total. The van der Waals surface area contributed by atoms with Crippen LogP contribution < -0.4 is 16.2 Å². The zero-order chi connectivity index (χ0) is 29.6. The molecule has 0 unspecified atom stereocenters. The minimum atomic E-state index is -4.56. The summed E-state index contributed by atoms with van der Waals surface area (Å²) in [5.74, 6) is -1.19. The molecule has 0 aromatic heterocycles. The fourth-order valence-electron chi connectivity index (χ4n) is 5.35. The summed E-state index contributed by atoms with van der Waals surface area (Å²) in [4.78, 5) is 43.9. The van der Waals surface area contributed by atoms with Crippen LogP contribution in [0.4, 0.5) is 13.2 Å². The molecule has 2 saturated heterocycles. The van der Waals surface area contributed by atoms with Crippen molar-refractivity contribution in [1.82, 2.24) is 30.9 Å². The van der Waals surface area contributed by atoms with Gasteiger partial charge in [0.1, 0.15) is 0 Å². The second-order valence-electron chi connectivity index (χ2n) is 11.1. The van der Waals surface area contributed by atoms with Crippen molar-refractivity contribution in [3.8, 4) is 0 Å². The molecule has 0 radical (unpaired) electrons.